The van der Waals surface area contributed by atoms with Crippen molar-refractivity contribution in [2.45, 2.75) is 13.8 Å². The van der Waals surface area contributed by atoms with E-state index in [2.05, 4.69) is 20.6 Å². The van der Waals surface area contributed by atoms with Gasteiger partial charge in [0.1, 0.15) is 0 Å². The summed E-state index contributed by atoms with van der Waals surface area (Å²) >= 11 is 0. The minimum absolute atomic E-state index is 0.215. The number of rotatable bonds is 3. The molecule has 0 aromatic carbocycles. The van der Waals surface area contributed by atoms with Crippen LogP contribution in [0.2, 0.25) is 0 Å². The molecular formula is C8H8N6O4. The summed E-state index contributed by atoms with van der Waals surface area (Å²) in [6.45, 7) is 2.95. The molecule has 0 radical (unpaired) electrons. The lowest BCUT2D eigenvalue weighted by molar-refractivity contribution is 0.0678. The zero-order valence-corrected chi connectivity index (χ0v) is 9.39. The smallest absolute Gasteiger partial charge is 0.358 e. The van der Waals surface area contributed by atoms with E-state index in [0.29, 0.717) is 0 Å². The van der Waals surface area contributed by atoms with Gasteiger partial charge in [-0.25, -0.2) is 9.59 Å². The SMILES string of the molecule is Cc1c(C(=O)O)nnn1-n1nnc(C(=O)O)c1C. The molecule has 0 saturated heterocycles. The first-order chi connectivity index (χ1) is 8.43. The maximum atomic E-state index is 10.8. The Morgan fingerprint density at radius 1 is 0.889 bits per heavy atom. The fourth-order valence-corrected chi connectivity index (χ4v) is 1.40. The van der Waals surface area contributed by atoms with Crippen molar-refractivity contribution in [1.29, 1.82) is 0 Å². The van der Waals surface area contributed by atoms with E-state index >= 15 is 0 Å². The molecule has 10 nitrogen and oxygen atoms in total. The molecule has 2 aromatic rings. The van der Waals surface area contributed by atoms with Crippen molar-refractivity contribution in [3.8, 4) is 0 Å². The van der Waals surface area contributed by atoms with Gasteiger partial charge in [-0.15, -0.1) is 19.8 Å². The molecule has 18 heavy (non-hydrogen) atoms. The Hall–Kier alpha value is -2.78. The van der Waals surface area contributed by atoms with E-state index in [9.17, 15) is 9.59 Å². The molecule has 2 aromatic heterocycles. The Bertz CT molecular complexity index is 586. The van der Waals surface area contributed by atoms with E-state index in [1.165, 1.54) is 13.8 Å². The zero-order valence-electron chi connectivity index (χ0n) is 9.39. The van der Waals surface area contributed by atoms with Crippen LogP contribution < -0.4 is 0 Å². The molecule has 0 spiro atoms. The van der Waals surface area contributed by atoms with Crippen LogP contribution in [0.3, 0.4) is 0 Å². The van der Waals surface area contributed by atoms with E-state index in [0.717, 1.165) is 9.58 Å². The number of carbonyl (C=O) groups is 2. The van der Waals surface area contributed by atoms with Crippen LogP contribution >= 0.6 is 0 Å². The predicted octanol–water partition coefficient (Wildman–Crippen LogP) is -0.806. The molecule has 2 rings (SSSR count). The highest BCUT2D eigenvalue weighted by Crippen LogP contribution is 2.08. The van der Waals surface area contributed by atoms with Crippen molar-refractivity contribution in [1.82, 2.24) is 30.2 Å². The van der Waals surface area contributed by atoms with E-state index in [1.807, 2.05) is 0 Å². The highest BCUT2D eigenvalue weighted by molar-refractivity contribution is 5.87. The van der Waals surface area contributed by atoms with Gasteiger partial charge in [0.25, 0.3) is 0 Å². The van der Waals surface area contributed by atoms with Crippen LogP contribution in [0.5, 0.6) is 0 Å². The zero-order chi connectivity index (χ0) is 13.4. The van der Waals surface area contributed by atoms with Crippen molar-refractivity contribution in [3.05, 3.63) is 22.8 Å². The lowest BCUT2D eigenvalue weighted by Gasteiger charge is -2.03. The lowest BCUT2D eigenvalue weighted by atomic mass is 10.3. The van der Waals surface area contributed by atoms with Crippen LogP contribution in [0.25, 0.3) is 0 Å². The fraction of sp³-hybridized carbons (Fsp3) is 0.250. The third kappa shape index (κ3) is 1.59. The Morgan fingerprint density at radius 3 is 1.44 bits per heavy atom. The Morgan fingerprint density at radius 2 is 1.22 bits per heavy atom. The highest BCUT2D eigenvalue weighted by Gasteiger charge is 2.21. The van der Waals surface area contributed by atoms with Crippen molar-refractivity contribution in [2.75, 3.05) is 0 Å². The molecule has 0 amide bonds. The Kier molecular flexibility index (Phi) is 2.54. The number of carboxylic acid groups (broad SMARTS) is 2. The molecule has 10 heteroatoms. The molecule has 2 heterocycles. The van der Waals surface area contributed by atoms with E-state index in [1.54, 1.807) is 0 Å². The van der Waals surface area contributed by atoms with Gasteiger partial charge in [0.05, 0.1) is 11.4 Å². The summed E-state index contributed by atoms with van der Waals surface area (Å²) in [6, 6.07) is 0. The average molecular weight is 252 g/mol. The molecule has 0 unspecified atom stereocenters. The normalized spacial score (nSPS) is 10.6. The van der Waals surface area contributed by atoms with Crippen LogP contribution in [0.1, 0.15) is 32.4 Å². The summed E-state index contributed by atoms with van der Waals surface area (Å²) in [5.41, 5.74) is -0.0385. The largest absolute Gasteiger partial charge is 0.476 e. The number of carboxylic acids is 2. The first-order valence-electron chi connectivity index (χ1n) is 4.75. The van der Waals surface area contributed by atoms with Crippen LogP contribution in [-0.4, -0.2) is 52.4 Å². The molecule has 0 fully saturated rings. The maximum Gasteiger partial charge on any atom is 0.358 e. The number of aromatic carboxylic acids is 2. The summed E-state index contributed by atoms with van der Waals surface area (Å²) in [6.07, 6.45) is 0. The summed E-state index contributed by atoms with van der Waals surface area (Å²) in [4.78, 5) is 23.8. The van der Waals surface area contributed by atoms with Gasteiger partial charge >= 0.3 is 11.9 Å². The third-order valence-corrected chi connectivity index (χ3v) is 2.33. The number of hydrogen-bond acceptors (Lipinski definition) is 6. The fourth-order valence-electron chi connectivity index (χ4n) is 1.40. The van der Waals surface area contributed by atoms with E-state index in [4.69, 9.17) is 10.2 Å². The van der Waals surface area contributed by atoms with Crippen LogP contribution in [0, 0.1) is 13.8 Å². The number of nitrogens with zero attached hydrogens (tertiary/aromatic N) is 6. The van der Waals surface area contributed by atoms with Crippen LogP contribution in [0.4, 0.5) is 0 Å². The number of hydrogen-bond donors (Lipinski definition) is 2. The second-order valence-corrected chi connectivity index (χ2v) is 3.44. The minimum Gasteiger partial charge on any atom is -0.476 e. The molecule has 0 aliphatic heterocycles. The van der Waals surface area contributed by atoms with Gasteiger partial charge in [-0.05, 0) is 24.3 Å². The van der Waals surface area contributed by atoms with Crippen LogP contribution in [0.15, 0.2) is 0 Å². The van der Waals surface area contributed by atoms with E-state index < -0.39 is 11.9 Å². The first kappa shape index (κ1) is 11.7. The van der Waals surface area contributed by atoms with Crippen LogP contribution in [-0.2, 0) is 0 Å². The van der Waals surface area contributed by atoms with Gasteiger partial charge in [0, 0.05) is 0 Å². The molecule has 94 valence electrons. The van der Waals surface area contributed by atoms with Gasteiger partial charge in [-0.1, -0.05) is 0 Å². The van der Waals surface area contributed by atoms with Crippen molar-refractivity contribution >= 4 is 11.9 Å². The molecular weight excluding hydrogens is 244 g/mol. The topological polar surface area (TPSA) is 136 Å². The monoisotopic (exact) mass is 252 g/mol. The molecule has 0 bridgehead atoms. The van der Waals surface area contributed by atoms with Gasteiger partial charge < -0.3 is 10.2 Å². The second kappa shape index (κ2) is 3.91. The van der Waals surface area contributed by atoms with Crippen molar-refractivity contribution in [3.63, 3.8) is 0 Å². The molecule has 0 aliphatic rings. The highest BCUT2D eigenvalue weighted by atomic mass is 16.4. The molecule has 0 atom stereocenters. The standard InChI is InChI=1S/C8H8N6O4/c1-3-5(7(15)16)9-11-13(3)14-4(2)6(8(17)18)10-12-14/h1-2H3,(H,15,16)(H,17,18). The average Bonchev–Trinajstić information content (AvgIpc) is 2.81. The third-order valence-electron chi connectivity index (χ3n) is 2.33. The predicted molar refractivity (Wildman–Crippen MR) is 54.2 cm³/mol. The van der Waals surface area contributed by atoms with Gasteiger partial charge in [-0.3, -0.25) is 0 Å². The first-order valence-corrected chi connectivity index (χ1v) is 4.75. The minimum atomic E-state index is -1.23. The summed E-state index contributed by atoms with van der Waals surface area (Å²) in [5.74, 6) is -2.45. The number of aromatic nitrogens is 6. The van der Waals surface area contributed by atoms with Gasteiger partial charge in [0.2, 0.25) is 0 Å². The molecule has 2 N–H and O–H groups in total. The lowest BCUT2D eigenvalue weighted by Crippen LogP contribution is -2.17. The second-order valence-electron chi connectivity index (χ2n) is 3.44. The van der Waals surface area contributed by atoms with Gasteiger partial charge in [-0.2, -0.15) is 0 Å². The Balaban J connectivity index is 2.56. The Labute approximate surface area is 99.4 Å². The van der Waals surface area contributed by atoms with Gasteiger partial charge in [0.15, 0.2) is 11.4 Å². The van der Waals surface area contributed by atoms with E-state index in [-0.39, 0.29) is 22.8 Å². The van der Waals surface area contributed by atoms with Crippen molar-refractivity contribution in [2.24, 2.45) is 0 Å². The summed E-state index contributed by atoms with van der Waals surface area (Å²) < 4.78 is 0. The quantitative estimate of drug-likeness (QED) is 0.723. The maximum absolute atomic E-state index is 10.8. The van der Waals surface area contributed by atoms with Crippen molar-refractivity contribution < 1.29 is 19.8 Å². The summed E-state index contributed by atoms with van der Waals surface area (Å²) in [5, 5.41) is 31.8. The summed E-state index contributed by atoms with van der Waals surface area (Å²) in [7, 11) is 0. The molecule has 0 saturated carbocycles. The molecule has 0 aliphatic carbocycles.